The van der Waals surface area contributed by atoms with E-state index in [0.717, 1.165) is 56.4 Å². The number of piperidine rings is 1. The number of ether oxygens (including phenoxy) is 1. The number of nitrogens with one attached hydrogen (secondary N) is 1. The summed E-state index contributed by atoms with van der Waals surface area (Å²) >= 11 is 0. The molecule has 1 saturated heterocycles. The van der Waals surface area contributed by atoms with Crippen LogP contribution in [0.4, 0.5) is 11.4 Å². The molecule has 6 N–H and O–H groups in total. The summed E-state index contributed by atoms with van der Waals surface area (Å²) < 4.78 is 17.4. The van der Waals surface area contributed by atoms with E-state index < -0.39 is 10.8 Å². The molecule has 1 unspecified atom stereocenters. The van der Waals surface area contributed by atoms with Crippen LogP contribution in [0.25, 0.3) is 0 Å². The first-order valence-corrected chi connectivity index (χ1v) is 10.6. The van der Waals surface area contributed by atoms with Crippen LogP contribution in [0.3, 0.4) is 0 Å². The van der Waals surface area contributed by atoms with Crippen molar-refractivity contribution in [2.24, 2.45) is 0 Å². The van der Waals surface area contributed by atoms with Crippen molar-refractivity contribution < 1.29 is 24.9 Å². The van der Waals surface area contributed by atoms with Crippen LogP contribution >= 0.6 is 0 Å². The van der Waals surface area contributed by atoms with E-state index in [2.05, 4.69) is 36.7 Å². The Morgan fingerprint density at radius 1 is 1.22 bits per heavy atom. The van der Waals surface area contributed by atoms with Crippen LogP contribution in [0.2, 0.25) is 0 Å². The maximum Gasteiger partial charge on any atom is 0.152 e. The first kappa shape index (κ1) is 26.0. The summed E-state index contributed by atoms with van der Waals surface area (Å²) in [6.45, 7) is 9.04. The second kappa shape index (κ2) is 13.2. The lowest BCUT2D eigenvalue weighted by Crippen LogP contribution is -2.44. The van der Waals surface area contributed by atoms with E-state index in [1.807, 2.05) is 18.2 Å². The third kappa shape index (κ3) is 10.2. The highest BCUT2D eigenvalue weighted by atomic mass is 32.2. The summed E-state index contributed by atoms with van der Waals surface area (Å²) in [5.41, 5.74) is 5.95. The largest absolute Gasteiger partial charge is 0.400 e. The fourth-order valence-corrected chi connectivity index (χ4v) is 3.17. The van der Waals surface area contributed by atoms with Crippen molar-refractivity contribution in [3.05, 3.63) is 18.2 Å². The van der Waals surface area contributed by atoms with Gasteiger partial charge in [-0.1, -0.05) is 0 Å². The molecule has 0 saturated carbocycles. The van der Waals surface area contributed by atoms with Crippen molar-refractivity contribution >= 4 is 22.2 Å². The van der Waals surface area contributed by atoms with Gasteiger partial charge in [-0.3, -0.25) is 9.11 Å². The first-order chi connectivity index (χ1) is 12.7. The topological polar surface area (TPSA) is 110 Å². The minimum Gasteiger partial charge on any atom is -0.400 e. The second-order valence-electron chi connectivity index (χ2n) is 7.20. The Balaban J connectivity index is 0.00000158. The van der Waals surface area contributed by atoms with Crippen LogP contribution in [0.5, 0.6) is 0 Å². The molecule has 1 atom stereocenters. The van der Waals surface area contributed by atoms with Gasteiger partial charge in [0.15, 0.2) is 5.69 Å². The van der Waals surface area contributed by atoms with Gasteiger partial charge in [-0.05, 0) is 45.7 Å². The van der Waals surface area contributed by atoms with Gasteiger partial charge < -0.3 is 26.0 Å². The van der Waals surface area contributed by atoms with Crippen LogP contribution < -0.4 is 11.1 Å². The van der Waals surface area contributed by atoms with Crippen molar-refractivity contribution in [1.29, 1.82) is 0 Å². The monoisotopic (exact) mass is 404 g/mol. The van der Waals surface area contributed by atoms with E-state index >= 15 is 0 Å². The third-order valence-corrected chi connectivity index (χ3v) is 4.95. The molecule has 0 radical (unpaired) electrons. The van der Waals surface area contributed by atoms with E-state index in [0.29, 0.717) is 12.8 Å². The molecule has 0 spiro atoms. The Morgan fingerprint density at radius 2 is 1.78 bits per heavy atom. The number of likely N-dealkylation sites (tertiary alicyclic amines) is 1. The van der Waals surface area contributed by atoms with Crippen molar-refractivity contribution in [3.63, 3.8) is 0 Å². The number of hydrogen-bond donors (Lipinski definition) is 4. The number of quaternary nitrogens is 1. The van der Waals surface area contributed by atoms with Crippen LogP contribution in [-0.2, 0) is 15.5 Å². The highest BCUT2D eigenvalue weighted by molar-refractivity contribution is 7.84. The molecule has 8 heteroatoms. The van der Waals surface area contributed by atoms with E-state index in [1.165, 1.54) is 0 Å². The number of hydrogen-bond acceptors (Lipinski definition) is 6. The van der Waals surface area contributed by atoms with Crippen molar-refractivity contribution in [3.8, 4) is 0 Å². The van der Waals surface area contributed by atoms with Crippen molar-refractivity contribution in [2.75, 3.05) is 45.6 Å². The summed E-state index contributed by atoms with van der Waals surface area (Å²) in [4.78, 5) is 3.19. The zero-order chi connectivity index (χ0) is 21.0. The average Bonchev–Trinajstić information content (AvgIpc) is 2.65. The molecule has 0 aliphatic carbocycles. The van der Waals surface area contributed by atoms with Crippen LogP contribution in [0.15, 0.2) is 23.1 Å². The SMILES string of the molecule is CO.CO.CS(=O)c1ccc(NC2CCN(COC(C)(C)C)CC2)c([NH3+])c1. The molecule has 1 fully saturated rings. The van der Waals surface area contributed by atoms with Crippen LogP contribution in [0.1, 0.15) is 33.6 Å². The summed E-state index contributed by atoms with van der Waals surface area (Å²) in [6.07, 6.45) is 3.88. The van der Waals surface area contributed by atoms with Gasteiger partial charge in [0.25, 0.3) is 0 Å². The normalized spacial score (nSPS) is 16.5. The van der Waals surface area contributed by atoms with E-state index in [-0.39, 0.29) is 5.60 Å². The number of benzene rings is 1. The molecule has 7 nitrogen and oxygen atoms in total. The van der Waals surface area contributed by atoms with Gasteiger partial charge in [-0.25, -0.2) is 0 Å². The van der Waals surface area contributed by atoms with Gasteiger partial charge >= 0.3 is 0 Å². The molecule has 1 aromatic carbocycles. The molecule has 1 aromatic rings. The lowest BCUT2D eigenvalue weighted by Gasteiger charge is -2.34. The summed E-state index contributed by atoms with van der Waals surface area (Å²) in [5.74, 6) is 0. The lowest BCUT2D eigenvalue weighted by molar-refractivity contribution is -0.253. The summed E-state index contributed by atoms with van der Waals surface area (Å²) in [7, 11) is 1.04. The molecule has 0 amide bonds. The molecule has 27 heavy (non-hydrogen) atoms. The Hall–Kier alpha value is -1.03. The highest BCUT2D eigenvalue weighted by Crippen LogP contribution is 2.23. The molecule has 0 bridgehead atoms. The Labute approximate surface area is 166 Å². The van der Waals surface area contributed by atoms with E-state index in [4.69, 9.17) is 14.9 Å². The molecule has 2 rings (SSSR count). The molecule has 0 aromatic heterocycles. The standard InChI is InChI=1S/C17H29N3O2S.2CH4O/c1-17(2,3)22-12-20-9-7-13(8-10-20)19-16-6-5-14(23(4)21)11-15(16)18;2*1-2/h5-6,11,13,19H,7-10,12,18H2,1-4H3;2*2H,1H3/p+1. The number of rotatable bonds is 5. The fraction of sp³-hybridized carbons (Fsp3) is 0.684. The van der Waals surface area contributed by atoms with Gasteiger partial charge in [0.1, 0.15) is 0 Å². The maximum absolute atomic E-state index is 11.5. The quantitative estimate of drug-likeness (QED) is 0.586. The average molecular weight is 405 g/mol. The Kier molecular flexibility index (Phi) is 12.7. The molecular weight excluding hydrogens is 366 g/mol. The fourth-order valence-electron chi connectivity index (χ4n) is 2.60. The van der Waals surface area contributed by atoms with Gasteiger partial charge in [0, 0.05) is 61.4 Å². The lowest BCUT2D eigenvalue weighted by atomic mass is 10.0. The smallest absolute Gasteiger partial charge is 0.152 e. The Bertz CT molecular complexity index is 556. The molecule has 1 aliphatic heterocycles. The third-order valence-electron chi connectivity index (χ3n) is 4.04. The van der Waals surface area contributed by atoms with Gasteiger partial charge in [-0.15, -0.1) is 0 Å². The number of anilines is 1. The van der Waals surface area contributed by atoms with Crippen molar-refractivity contribution in [1.82, 2.24) is 4.90 Å². The summed E-state index contributed by atoms with van der Waals surface area (Å²) in [5, 5.41) is 17.6. The number of nitrogens with zero attached hydrogens (tertiary/aromatic N) is 1. The molecule has 1 heterocycles. The van der Waals surface area contributed by atoms with Crippen LogP contribution in [0, 0.1) is 0 Å². The number of aliphatic hydroxyl groups is 2. The van der Waals surface area contributed by atoms with Gasteiger partial charge in [-0.2, -0.15) is 0 Å². The van der Waals surface area contributed by atoms with Crippen LogP contribution in [-0.4, -0.2) is 71.3 Å². The molecule has 158 valence electrons. The molecule has 1 aliphatic rings. The molecular formula is C19H38N3O4S+. The van der Waals surface area contributed by atoms with E-state index in [9.17, 15) is 4.21 Å². The predicted molar refractivity (Wildman–Crippen MR) is 112 cm³/mol. The zero-order valence-corrected chi connectivity index (χ0v) is 18.4. The zero-order valence-electron chi connectivity index (χ0n) is 17.6. The second-order valence-corrected chi connectivity index (χ2v) is 8.58. The van der Waals surface area contributed by atoms with E-state index in [1.54, 1.807) is 6.26 Å². The highest BCUT2D eigenvalue weighted by Gasteiger charge is 2.21. The minimum atomic E-state index is -0.957. The first-order valence-electron chi connectivity index (χ1n) is 9.06. The minimum absolute atomic E-state index is 0.0843. The number of aliphatic hydroxyl groups excluding tert-OH is 2. The Morgan fingerprint density at radius 3 is 2.22 bits per heavy atom. The predicted octanol–water partition coefficient (Wildman–Crippen LogP) is 1.16. The van der Waals surface area contributed by atoms with Gasteiger partial charge in [0.05, 0.1) is 18.0 Å². The summed E-state index contributed by atoms with van der Waals surface area (Å²) in [6, 6.07) is 6.28. The maximum atomic E-state index is 11.5. The van der Waals surface area contributed by atoms with Gasteiger partial charge in [0.2, 0.25) is 0 Å². The van der Waals surface area contributed by atoms with Crippen molar-refractivity contribution in [2.45, 2.75) is 50.2 Å².